The summed E-state index contributed by atoms with van der Waals surface area (Å²) >= 11 is 0. The van der Waals surface area contributed by atoms with Crippen molar-refractivity contribution < 1.29 is 0 Å². The maximum Gasteiger partial charge on any atom is 0.0619 e. The Morgan fingerprint density at radius 2 is 0.472 bits per heavy atom. The van der Waals surface area contributed by atoms with Crippen LogP contribution in [0.1, 0.15) is 33.4 Å². The van der Waals surface area contributed by atoms with E-state index in [0.29, 0.717) is 0 Å². The molecule has 0 spiro atoms. The molecular formula is C70H48N2. The zero-order chi connectivity index (χ0) is 47.9. The maximum absolute atomic E-state index is 2.49. The normalized spacial score (nSPS) is 12.2. The van der Waals surface area contributed by atoms with Gasteiger partial charge in [-0.05, 0) is 106 Å². The Labute approximate surface area is 419 Å². The fraction of sp³-hybridized carbons (Fsp3) is 0.0286. The molecule has 0 atom stereocenters. The van der Waals surface area contributed by atoms with E-state index in [0.717, 1.165) is 33.9 Å². The molecule has 2 heteroatoms. The summed E-state index contributed by atoms with van der Waals surface area (Å²) in [5.74, 6) is 0. The molecule has 0 heterocycles. The summed E-state index contributed by atoms with van der Waals surface area (Å²) < 4.78 is 0. The fourth-order valence-corrected chi connectivity index (χ4v) is 11.7. The molecule has 2 nitrogen and oxygen atoms in total. The van der Waals surface area contributed by atoms with Crippen molar-refractivity contribution in [2.24, 2.45) is 0 Å². The third-order valence-electron chi connectivity index (χ3n) is 15.0. The van der Waals surface area contributed by atoms with Crippen LogP contribution >= 0.6 is 0 Å². The van der Waals surface area contributed by atoms with Crippen molar-refractivity contribution in [3.05, 3.63) is 264 Å². The van der Waals surface area contributed by atoms with Gasteiger partial charge in [-0.2, -0.15) is 0 Å². The van der Waals surface area contributed by atoms with Crippen molar-refractivity contribution in [3.63, 3.8) is 0 Å². The summed E-state index contributed by atoms with van der Waals surface area (Å²) in [5.41, 5.74) is 14.1. The molecule has 0 bridgehead atoms. The molecule has 0 N–H and O–H groups in total. The van der Waals surface area contributed by atoms with E-state index >= 15 is 0 Å². The van der Waals surface area contributed by atoms with E-state index in [-0.39, 0.29) is 0 Å². The van der Waals surface area contributed by atoms with E-state index in [1.54, 1.807) is 0 Å². The smallest absolute Gasteiger partial charge is 0.0619 e. The Morgan fingerprint density at radius 1 is 0.222 bits per heavy atom. The highest BCUT2D eigenvalue weighted by atomic mass is 15.2. The van der Waals surface area contributed by atoms with Crippen molar-refractivity contribution >= 4 is 134 Å². The summed E-state index contributed by atoms with van der Waals surface area (Å²) in [5, 5.41) is 17.9. The van der Waals surface area contributed by atoms with Crippen molar-refractivity contribution in [3.8, 4) is 0 Å². The Balaban J connectivity index is 1.02. The average Bonchev–Trinajstić information content (AvgIpc) is 3.44. The highest BCUT2D eigenvalue weighted by molar-refractivity contribution is 6.51. The van der Waals surface area contributed by atoms with Crippen LogP contribution in [0.25, 0.3) is 99.7 Å². The third-order valence-corrected chi connectivity index (χ3v) is 15.0. The van der Waals surface area contributed by atoms with Gasteiger partial charge in [0.1, 0.15) is 0 Å². The van der Waals surface area contributed by atoms with Gasteiger partial charge in [-0.3, -0.25) is 0 Å². The van der Waals surface area contributed by atoms with Crippen LogP contribution in [0.15, 0.2) is 231 Å². The zero-order valence-corrected chi connectivity index (χ0v) is 40.1. The van der Waals surface area contributed by atoms with Crippen molar-refractivity contribution in [1.29, 1.82) is 0 Å². The molecule has 0 saturated carbocycles. The molecule has 14 rings (SSSR count). The minimum absolute atomic E-state index is 1.11. The van der Waals surface area contributed by atoms with Gasteiger partial charge >= 0.3 is 0 Å². The second-order valence-electron chi connectivity index (χ2n) is 19.4. The lowest BCUT2D eigenvalue weighted by atomic mass is 9.79. The van der Waals surface area contributed by atoms with E-state index in [1.807, 2.05) is 0 Å². The SMILES string of the molecule is Cc1ccc(/C=C/c2ccc(N(c3ccccc3)c3c4cccc5c6cccc7c(N(c8ccccc8)c8ccc(/C=C/c9ccc(C)cc9)cc8)c8cccc9c%10cccc3c%10c(c45)c(c76)c89)cc2)cc1. The van der Waals surface area contributed by atoms with Gasteiger partial charge in [0.15, 0.2) is 0 Å². The summed E-state index contributed by atoms with van der Waals surface area (Å²) in [7, 11) is 0. The van der Waals surface area contributed by atoms with Gasteiger partial charge in [0.2, 0.25) is 0 Å². The molecule has 0 aliphatic heterocycles. The summed E-state index contributed by atoms with van der Waals surface area (Å²) in [4.78, 5) is 4.98. The van der Waals surface area contributed by atoms with Crippen LogP contribution in [-0.4, -0.2) is 0 Å². The molecule has 14 aromatic rings. The Bertz CT molecular complexity index is 3920. The van der Waals surface area contributed by atoms with Gasteiger partial charge in [0.25, 0.3) is 0 Å². The number of nitrogens with zero attached hydrogens (tertiary/aromatic N) is 2. The van der Waals surface area contributed by atoms with Crippen LogP contribution in [0.5, 0.6) is 0 Å². The van der Waals surface area contributed by atoms with Gasteiger partial charge < -0.3 is 9.80 Å². The van der Waals surface area contributed by atoms with Crippen LogP contribution in [0, 0.1) is 13.8 Å². The standard InChI is InChI=1S/C70H48N2/c1-45-25-29-47(30-26-45)33-35-49-37-41-53(42-38-49)71(51-13-5-3-6-14-51)69-59-21-9-17-55-57-19-11-23-61-65(57)68-66-58(56-18-10-22-60(69)64(56)67(68)63(55)59)20-12-24-62(66)70(61)72(52-15-7-4-8-16-52)54-43-39-50(40-44-54)36-34-48-31-27-46(2)28-32-48/h3-44H,1-2H3/b35-33+,36-34+. The first-order valence-corrected chi connectivity index (χ1v) is 25.0. The van der Waals surface area contributed by atoms with Gasteiger partial charge in [0, 0.05) is 76.6 Å². The molecule has 0 aliphatic carbocycles. The van der Waals surface area contributed by atoms with Crippen molar-refractivity contribution in [2.45, 2.75) is 13.8 Å². The van der Waals surface area contributed by atoms with Gasteiger partial charge in [0.05, 0.1) is 11.4 Å². The van der Waals surface area contributed by atoms with Crippen molar-refractivity contribution in [1.82, 2.24) is 0 Å². The van der Waals surface area contributed by atoms with Gasteiger partial charge in [-0.15, -0.1) is 0 Å². The number of fused-ring (bicyclic) bond motifs is 2. The largest absolute Gasteiger partial charge is 0.309 e. The van der Waals surface area contributed by atoms with E-state index in [9.17, 15) is 0 Å². The molecule has 0 amide bonds. The number of rotatable bonds is 10. The molecule has 14 aromatic carbocycles. The summed E-state index contributed by atoms with van der Waals surface area (Å²) in [6, 6.07) is 85.3. The van der Waals surface area contributed by atoms with Crippen LogP contribution in [-0.2, 0) is 0 Å². The molecule has 72 heavy (non-hydrogen) atoms. The van der Waals surface area contributed by atoms with Crippen LogP contribution in [0.2, 0.25) is 0 Å². The second-order valence-corrected chi connectivity index (χ2v) is 19.4. The summed E-state index contributed by atoms with van der Waals surface area (Å²) in [6.07, 6.45) is 8.81. The summed E-state index contributed by atoms with van der Waals surface area (Å²) in [6.45, 7) is 4.26. The van der Waals surface area contributed by atoms with Crippen LogP contribution in [0.4, 0.5) is 34.1 Å². The van der Waals surface area contributed by atoms with Crippen LogP contribution < -0.4 is 9.80 Å². The van der Waals surface area contributed by atoms with Gasteiger partial charge in [-0.25, -0.2) is 0 Å². The average molecular weight is 917 g/mol. The van der Waals surface area contributed by atoms with E-state index < -0.39 is 0 Å². The molecule has 0 unspecified atom stereocenters. The first-order chi connectivity index (χ1) is 35.6. The molecule has 0 saturated heterocycles. The minimum Gasteiger partial charge on any atom is -0.309 e. The topological polar surface area (TPSA) is 6.48 Å². The number of hydrogen-bond acceptors (Lipinski definition) is 2. The Hall–Kier alpha value is -9.24. The third kappa shape index (κ3) is 6.64. The second kappa shape index (κ2) is 16.7. The van der Waals surface area contributed by atoms with Gasteiger partial charge in [-0.1, -0.05) is 217 Å². The highest BCUT2D eigenvalue weighted by Gasteiger charge is 2.30. The monoisotopic (exact) mass is 916 g/mol. The highest BCUT2D eigenvalue weighted by Crippen LogP contribution is 2.58. The quantitative estimate of drug-likeness (QED) is 0.0766. The number of anilines is 6. The Morgan fingerprint density at radius 3 is 0.764 bits per heavy atom. The fourth-order valence-electron chi connectivity index (χ4n) is 11.7. The molecule has 0 aliphatic rings. The molecule has 0 fully saturated rings. The molecule has 0 radical (unpaired) electrons. The van der Waals surface area contributed by atoms with E-state index in [1.165, 1.54) is 109 Å². The molecule has 0 aromatic heterocycles. The number of benzene rings is 14. The predicted molar refractivity (Wildman–Crippen MR) is 312 cm³/mol. The zero-order valence-electron chi connectivity index (χ0n) is 40.1. The first kappa shape index (κ1) is 41.7. The predicted octanol–water partition coefficient (Wildman–Crippen LogP) is 20.0. The number of hydrogen-bond donors (Lipinski definition) is 0. The molecule has 338 valence electrons. The first-order valence-electron chi connectivity index (χ1n) is 25.0. The minimum atomic E-state index is 1.11. The number of para-hydroxylation sites is 2. The Kier molecular flexibility index (Phi) is 9.69. The molecular weight excluding hydrogens is 869 g/mol. The lowest BCUT2D eigenvalue weighted by Crippen LogP contribution is -2.12. The van der Waals surface area contributed by atoms with E-state index in [2.05, 4.69) is 278 Å². The van der Waals surface area contributed by atoms with E-state index in [4.69, 9.17) is 0 Å². The number of aryl methyl sites for hydroxylation is 2. The maximum atomic E-state index is 2.49. The van der Waals surface area contributed by atoms with Crippen LogP contribution in [0.3, 0.4) is 0 Å². The van der Waals surface area contributed by atoms with Crippen molar-refractivity contribution in [2.75, 3.05) is 9.80 Å². The lowest BCUT2D eigenvalue weighted by molar-refractivity contribution is 1.31. The lowest BCUT2D eigenvalue weighted by Gasteiger charge is -2.33.